The number of ether oxygens (including phenoxy) is 1. The van der Waals surface area contributed by atoms with Crippen molar-refractivity contribution < 1.29 is 19.8 Å². The molecule has 0 saturated heterocycles. The second-order valence-corrected chi connectivity index (χ2v) is 9.11. The maximum atomic E-state index is 11.0. The number of carboxylic acid groups (broad SMARTS) is 1. The van der Waals surface area contributed by atoms with Crippen LogP contribution in [0.2, 0.25) is 0 Å². The summed E-state index contributed by atoms with van der Waals surface area (Å²) >= 11 is 0. The maximum absolute atomic E-state index is 11.0. The van der Waals surface area contributed by atoms with Crippen LogP contribution in [0.4, 0.5) is 0 Å². The first-order valence-corrected chi connectivity index (χ1v) is 10.1. The van der Waals surface area contributed by atoms with E-state index in [1.807, 2.05) is 0 Å². The third kappa shape index (κ3) is 4.11. The van der Waals surface area contributed by atoms with E-state index in [-0.39, 0.29) is 16.4 Å². The van der Waals surface area contributed by atoms with E-state index in [9.17, 15) is 10.0 Å². The fourth-order valence-corrected chi connectivity index (χ4v) is 4.05. The SMILES string of the molecule is COc1cc2c(cc1C(/C=C\c1ccc(C(=O)O)cc1)=N\O)C(C)(C)CCC2(C)C. The number of nitrogens with zero attached hydrogens (tertiary/aromatic N) is 1. The number of allylic oxidation sites excluding steroid dienone is 1. The third-order valence-electron chi connectivity index (χ3n) is 6.15. The molecule has 5 heteroatoms. The molecule has 1 aliphatic carbocycles. The Morgan fingerprint density at radius 1 is 1.03 bits per heavy atom. The molecule has 0 amide bonds. The molecule has 0 spiro atoms. The highest BCUT2D eigenvalue weighted by Crippen LogP contribution is 2.47. The fourth-order valence-electron chi connectivity index (χ4n) is 4.05. The van der Waals surface area contributed by atoms with Gasteiger partial charge < -0.3 is 15.1 Å². The second kappa shape index (κ2) is 7.98. The third-order valence-corrected chi connectivity index (χ3v) is 6.15. The molecule has 0 saturated carbocycles. The Kier molecular flexibility index (Phi) is 5.75. The molecule has 0 heterocycles. The van der Waals surface area contributed by atoms with Gasteiger partial charge >= 0.3 is 5.97 Å². The van der Waals surface area contributed by atoms with Gasteiger partial charge in [-0.15, -0.1) is 0 Å². The van der Waals surface area contributed by atoms with Gasteiger partial charge in [0.25, 0.3) is 0 Å². The van der Waals surface area contributed by atoms with Crippen LogP contribution in [-0.4, -0.2) is 29.1 Å². The van der Waals surface area contributed by atoms with E-state index in [4.69, 9.17) is 9.84 Å². The average Bonchev–Trinajstić information content (AvgIpc) is 2.72. The standard InChI is InChI=1S/C25H29NO4/c1-24(2)12-13-25(3,4)20-15-22(30-5)18(14-19(20)24)21(26-29)11-8-16-6-9-17(10-7-16)23(27)28/h6-11,14-15,29H,12-13H2,1-5H3,(H,27,28)/b11-8-,26-21-. The van der Waals surface area contributed by atoms with Crippen molar-refractivity contribution in [3.05, 3.63) is 70.3 Å². The van der Waals surface area contributed by atoms with Crippen molar-refractivity contribution in [2.75, 3.05) is 7.11 Å². The Bertz CT molecular complexity index is 1010. The molecule has 1 aliphatic rings. The van der Waals surface area contributed by atoms with Crippen LogP contribution in [0.1, 0.15) is 73.1 Å². The van der Waals surface area contributed by atoms with Crippen molar-refractivity contribution in [3.8, 4) is 5.75 Å². The Morgan fingerprint density at radius 3 is 2.10 bits per heavy atom. The predicted molar refractivity (Wildman–Crippen MR) is 119 cm³/mol. The summed E-state index contributed by atoms with van der Waals surface area (Å²) in [6.45, 7) is 8.99. The first kappa shape index (κ1) is 21.6. The monoisotopic (exact) mass is 407 g/mol. The summed E-state index contributed by atoms with van der Waals surface area (Å²) in [6, 6.07) is 10.7. The van der Waals surface area contributed by atoms with Gasteiger partial charge in [0.05, 0.1) is 12.7 Å². The van der Waals surface area contributed by atoms with Gasteiger partial charge in [-0.3, -0.25) is 0 Å². The lowest BCUT2D eigenvalue weighted by molar-refractivity contribution is 0.0697. The highest BCUT2D eigenvalue weighted by Gasteiger charge is 2.38. The maximum Gasteiger partial charge on any atom is 0.335 e. The van der Waals surface area contributed by atoms with Crippen molar-refractivity contribution in [2.24, 2.45) is 5.16 Å². The molecule has 0 unspecified atom stereocenters. The summed E-state index contributed by atoms with van der Waals surface area (Å²) in [7, 11) is 1.62. The molecule has 0 atom stereocenters. The predicted octanol–water partition coefficient (Wildman–Crippen LogP) is 5.63. The lowest BCUT2D eigenvalue weighted by Crippen LogP contribution is -2.34. The molecule has 0 aromatic heterocycles. The summed E-state index contributed by atoms with van der Waals surface area (Å²) in [6.07, 6.45) is 5.68. The zero-order valence-corrected chi connectivity index (χ0v) is 18.2. The van der Waals surface area contributed by atoms with Gasteiger partial charge in [0.15, 0.2) is 0 Å². The van der Waals surface area contributed by atoms with E-state index in [0.29, 0.717) is 11.5 Å². The number of hydrogen-bond donors (Lipinski definition) is 2. The van der Waals surface area contributed by atoms with E-state index >= 15 is 0 Å². The summed E-state index contributed by atoms with van der Waals surface area (Å²) in [5.41, 5.74) is 4.72. The normalized spacial score (nSPS) is 17.6. The lowest BCUT2D eigenvalue weighted by Gasteiger charge is -2.42. The van der Waals surface area contributed by atoms with Gasteiger partial charge in [-0.25, -0.2) is 4.79 Å². The van der Waals surface area contributed by atoms with Crippen molar-refractivity contribution in [1.29, 1.82) is 0 Å². The van der Waals surface area contributed by atoms with Crippen molar-refractivity contribution >= 4 is 17.8 Å². The summed E-state index contributed by atoms with van der Waals surface area (Å²) in [4.78, 5) is 11.0. The molecule has 2 aromatic rings. The minimum absolute atomic E-state index is 0.0167. The number of methoxy groups -OCH3 is 1. The van der Waals surface area contributed by atoms with Gasteiger partial charge in [-0.05, 0) is 70.7 Å². The Balaban J connectivity index is 2.03. The van der Waals surface area contributed by atoms with Crippen LogP contribution in [0.5, 0.6) is 5.75 Å². The van der Waals surface area contributed by atoms with Crippen LogP contribution in [-0.2, 0) is 10.8 Å². The Labute approximate surface area is 177 Å². The first-order chi connectivity index (χ1) is 14.1. The molecule has 0 fully saturated rings. The van der Waals surface area contributed by atoms with E-state index in [1.165, 1.54) is 11.1 Å². The van der Waals surface area contributed by atoms with E-state index in [1.54, 1.807) is 43.5 Å². The molecular weight excluding hydrogens is 378 g/mol. The van der Waals surface area contributed by atoms with Crippen molar-refractivity contribution in [1.82, 2.24) is 0 Å². The van der Waals surface area contributed by atoms with E-state index < -0.39 is 5.97 Å². The van der Waals surface area contributed by atoms with Gasteiger partial charge in [-0.1, -0.05) is 51.1 Å². The molecule has 0 bridgehead atoms. The number of benzene rings is 2. The average molecular weight is 408 g/mol. The number of carbonyl (C=O) groups is 1. The molecule has 2 N–H and O–H groups in total. The largest absolute Gasteiger partial charge is 0.496 e. The number of hydrogen-bond acceptors (Lipinski definition) is 4. The second-order valence-electron chi connectivity index (χ2n) is 9.11. The minimum atomic E-state index is -0.965. The van der Waals surface area contributed by atoms with Gasteiger partial charge in [0, 0.05) is 5.56 Å². The van der Waals surface area contributed by atoms with Crippen LogP contribution in [0.3, 0.4) is 0 Å². The van der Waals surface area contributed by atoms with Crippen LogP contribution < -0.4 is 4.74 Å². The number of fused-ring (bicyclic) bond motifs is 1. The first-order valence-electron chi connectivity index (χ1n) is 10.1. The zero-order valence-electron chi connectivity index (χ0n) is 18.2. The summed E-state index contributed by atoms with van der Waals surface area (Å²) in [5, 5.41) is 22.3. The molecule has 3 rings (SSSR count). The van der Waals surface area contributed by atoms with Crippen LogP contribution >= 0.6 is 0 Å². The minimum Gasteiger partial charge on any atom is -0.496 e. The molecule has 30 heavy (non-hydrogen) atoms. The lowest BCUT2D eigenvalue weighted by atomic mass is 9.63. The Hall–Kier alpha value is -3.08. The molecule has 0 radical (unpaired) electrons. The molecular formula is C25H29NO4. The van der Waals surface area contributed by atoms with E-state index in [2.05, 4.69) is 45.0 Å². The number of oxime groups is 1. The molecule has 0 aliphatic heterocycles. The smallest absolute Gasteiger partial charge is 0.335 e. The number of aromatic carboxylic acids is 1. The summed E-state index contributed by atoms with van der Waals surface area (Å²) < 4.78 is 5.66. The van der Waals surface area contributed by atoms with Crippen LogP contribution in [0.15, 0.2) is 47.6 Å². The van der Waals surface area contributed by atoms with Crippen LogP contribution in [0, 0.1) is 0 Å². The van der Waals surface area contributed by atoms with Crippen molar-refractivity contribution in [3.63, 3.8) is 0 Å². The number of rotatable bonds is 5. The Morgan fingerprint density at radius 2 is 1.60 bits per heavy atom. The quantitative estimate of drug-likeness (QED) is 0.382. The highest BCUT2D eigenvalue weighted by atomic mass is 16.5. The number of carboxylic acids is 1. The topological polar surface area (TPSA) is 79.1 Å². The highest BCUT2D eigenvalue weighted by molar-refractivity contribution is 6.12. The van der Waals surface area contributed by atoms with Gasteiger partial charge in [0.1, 0.15) is 11.5 Å². The van der Waals surface area contributed by atoms with Crippen molar-refractivity contribution in [2.45, 2.75) is 51.4 Å². The van der Waals surface area contributed by atoms with Gasteiger partial charge in [-0.2, -0.15) is 0 Å². The zero-order chi connectivity index (χ0) is 22.1. The summed E-state index contributed by atoms with van der Waals surface area (Å²) in [5.74, 6) is -0.300. The molecule has 5 nitrogen and oxygen atoms in total. The van der Waals surface area contributed by atoms with Gasteiger partial charge in [0.2, 0.25) is 0 Å². The van der Waals surface area contributed by atoms with Crippen LogP contribution in [0.25, 0.3) is 6.08 Å². The molecule has 158 valence electrons. The van der Waals surface area contributed by atoms with E-state index in [0.717, 1.165) is 24.0 Å². The molecule has 2 aromatic carbocycles. The fraction of sp³-hybridized carbons (Fsp3) is 0.360.